The third-order valence-corrected chi connectivity index (χ3v) is 6.13. The zero-order valence-corrected chi connectivity index (χ0v) is 13.4. The van der Waals surface area contributed by atoms with Crippen LogP contribution in [0.3, 0.4) is 0 Å². The van der Waals surface area contributed by atoms with Crippen LogP contribution in [0.2, 0.25) is 0 Å². The molecule has 0 spiro atoms. The molecular weight excluding hydrogens is 324 g/mol. The van der Waals surface area contributed by atoms with E-state index in [1.54, 1.807) is 42.8 Å². The third kappa shape index (κ3) is 2.85. The largest absolute Gasteiger partial charge is 0.482 e. The standard InChI is InChI=1S/C14H14N2O4S2/c1-16-11-7-10(4-5-12(11)20-9-13(16)17)8-15-22(18,19)14-3-2-6-21-14/h2-7,15H,8-9H2,1H3. The molecular formula is C14H14N2O4S2. The minimum atomic E-state index is -3.50. The van der Waals surface area contributed by atoms with Gasteiger partial charge in [0.25, 0.3) is 5.91 Å². The minimum absolute atomic E-state index is 0.0217. The predicted molar refractivity (Wildman–Crippen MR) is 83.7 cm³/mol. The van der Waals surface area contributed by atoms with Crippen LogP contribution in [0.4, 0.5) is 5.69 Å². The number of carbonyl (C=O) groups excluding carboxylic acids is 1. The number of nitrogens with one attached hydrogen (secondary N) is 1. The number of carbonyl (C=O) groups is 1. The predicted octanol–water partition coefficient (Wildman–Crippen LogP) is 1.58. The molecule has 0 fully saturated rings. The molecule has 1 amide bonds. The van der Waals surface area contributed by atoms with E-state index in [0.29, 0.717) is 11.4 Å². The fourth-order valence-electron chi connectivity index (χ4n) is 2.09. The number of amides is 1. The van der Waals surface area contributed by atoms with Crippen LogP contribution in [0.1, 0.15) is 5.56 Å². The molecule has 0 unspecified atom stereocenters. The molecule has 0 aliphatic carbocycles. The van der Waals surface area contributed by atoms with Crippen molar-refractivity contribution >= 4 is 33.0 Å². The second-order valence-corrected chi connectivity index (χ2v) is 7.74. The summed E-state index contributed by atoms with van der Waals surface area (Å²) in [6, 6.07) is 8.52. The van der Waals surface area contributed by atoms with Gasteiger partial charge in [0.1, 0.15) is 9.96 Å². The highest BCUT2D eigenvalue weighted by Crippen LogP contribution is 2.32. The topological polar surface area (TPSA) is 75.7 Å². The summed E-state index contributed by atoms with van der Waals surface area (Å²) in [4.78, 5) is 13.1. The average molecular weight is 338 g/mol. The Hall–Kier alpha value is -1.90. The first-order valence-electron chi connectivity index (χ1n) is 6.53. The van der Waals surface area contributed by atoms with Crippen LogP contribution in [0.25, 0.3) is 0 Å². The Morgan fingerprint density at radius 1 is 1.36 bits per heavy atom. The Balaban J connectivity index is 1.78. The molecule has 22 heavy (non-hydrogen) atoms. The number of likely N-dealkylation sites (N-methyl/N-ethyl adjacent to an activating group) is 1. The maximum Gasteiger partial charge on any atom is 0.264 e. The van der Waals surface area contributed by atoms with Crippen molar-refractivity contribution in [3.63, 3.8) is 0 Å². The number of anilines is 1. The van der Waals surface area contributed by atoms with Crippen molar-refractivity contribution < 1.29 is 17.9 Å². The molecule has 3 rings (SSSR count). The molecule has 0 bridgehead atoms. The van der Waals surface area contributed by atoms with Gasteiger partial charge in [-0.2, -0.15) is 0 Å². The molecule has 1 aliphatic rings. The van der Waals surface area contributed by atoms with Crippen molar-refractivity contribution in [1.82, 2.24) is 4.72 Å². The first-order chi connectivity index (χ1) is 10.5. The number of hydrogen-bond donors (Lipinski definition) is 1. The van der Waals surface area contributed by atoms with E-state index < -0.39 is 10.0 Å². The first kappa shape index (κ1) is 15.0. The quantitative estimate of drug-likeness (QED) is 0.918. The average Bonchev–Trinajstić information content (AvgIpc) is 3.04. The molecule has 2 heterocycles. The maximum absolute atomic E-state index is 12.1. The van der Waals surface area contributed by atoms with Crippen molar-refractivity contribution in [3.05, 3.63) is 41.3 Å². The van der Waals surface area contributed by atoms with E-state index in [1.165, 1.54) is 16.2 Å². The molecule has 0 saturated carbocycles. The van der Waals surface area contributed by atoms with Crippen LogP contribution in [-0.2, 0) is 21.4 Å². The molecule has 1 aromatic heterocycles. The van der Waals surface area contributed by atoms with Gasteiger partial charge in [-0.15, -0.1) is 11.3 Å². The number of sulfonamides is 1. The van der Waals surface area contributed by atoms with E-state index in [4.69, 9.17) is 4.74 Å². The number of fused-ring (bicyclic) bond motifs is 1. The lowest BCUT2D eigenvalue weighted by atomic mass is 10.1. The first-order valence-corrected chi connectivity index (χ1v) is 8.89. The number of thiophene rings is 1. The number of ether oxygens (including phenoxy) is 1. The van der Waals surface area contributed by atoms with Crippen LogP contribution < -0.4 is 14.4 Å². The Morgan fingerprint density at radius 2 is 2.18 bits per heavy atom. The highest BCUT2D eigenvalue weighted by Gasteiger charge is 2.22. The molecule has 1 aliphatic heterocycles. The molecule has 6 nitrogen and oxygen atoms in total. The summed E-state index contributed by atoms with van der Waals surface area (Å²) in [6.45, 7) is 0.170. The Kier molecular flexibility index (Phi) is 3.90. The fraction of sp³-hybridized carbons (Fsp3) is 0.214. The molecule has 0 saturated heterocycles. The van der Waals surface area contributed by atoms with E-state index in [1.807, 2.05) is 0 Å². The summed E-state index contributed by atoms with van der Waals surface area (Å²) >= 11 is 1.17. The van der Waals surface area contributed by atoms with E-state index >= 15 is 0 Å². The van der Waals surface area contributed by atoms with Crippen LogP contribution in [-0.4, -0.2) is 28.0 Å². The molecule has 116 valence electrons. The van der Waals surface area contributed by atoms with Gasteiger partial charge in [0, 0.05) is 13.6 Å². The molecule has 2 aromatic rings. The van der Waals surface area contributed by atoms with Crippen LogP contribution in [0.15, 0.2) is 39.9 Å². The highest BCUT2D eigenvalue weighted by atomic mass is 32.2. The van der Waals surface area contributed by atoms with Crippen molar-refractivity contribution in [2.24, 2.45) is 0 Å². The van der Waals surface area contributed by atoms with Gasteiger partial charge >= 0.3 is 0 Å². The van der Waals surface area contributed by atoms with Gasteiger partial charge in [-0.1, -0.05) is 12.1 Å². The Morgan fingerprint density at radius 3 is 2.91 bits per heavy atom. The van der Waals surface area contributed by atoms with Crippen molar-refractivity contribution in [3.8, 4) is 5.75 Å². The number of nitrogens with zero attached hydrogens (tertiary/aromatic N) is 1. The summed E-state index contributed by atoms with van der Waals surface area (Å²) < 4.78 is 32.3. The normalized spacial score (nSPS) is 14.6. The lowest BCUT2D eigenvalue weighted by molar-refractivity contribution is -0.120. The van der Waals surface area contributed by atoms with Crippen molar-refractivity contribution in [2.75, 3.05) is 18.6 Å². The van der Waals surface area contributed by atoms with Crippen LogP contribution in [0.5, 0.6) is 5.75 Å². The summed E-state index contributed by atoms with van der Waals surface area (Å²) in [6.07, 6.45) is 0. The van der Waals surface area contributed by atoms with Gasteiger partial charge < -0.3 is 9.64 Å². The Bertz CT molecular complexity index is 800. The van der Waals surface area contributed by atoms with Gasteiger partial charge in [0.15, 0.2) is 6.61 Å². The minimum Gasteiger partial charge on any atom is -0.482 e. The molecule has 0 radical (unpaired) electrons. The summed E-state index contributed by atoms with van der Waals surface area (Å²) in [5, 5.41) is 1.71. The van der Waals surface area contributed by atoms with Gasteiger partial charge in [-0.05, 0) is 29.1 Å². The van der Waals surface area contributed by atoms with Crippen molar-refractivity contribution in [2.45, 2.75) is 10.8 Å². The van der Waals surface area contributed by atoms with Gasteiger partial charge in [-0.25, -0.2) is 13.1 Å². The summed E-state index contributed by atoms with van der Waals surface area (Å²) in [7, 11) is -1.83. The maximum atomic E-state index is 12.1. The highest BCUT2D eigenvalue weighted by molar-refractivity contribution is 7.91. The van der Waals surface area contributed by atoms with E-state index in [9.17, 15) is 13.2 Å². The van der Waals surface area contributed by atoms with Crippen molar-refractivity contribution in [1.29, 1.82) is 0 Å². The zero-order valence-electron chi connectivity index (χ0n) is 11.8. The second kappa shape index (κ2) is 5.71. The number of hydrogen-bond acceptors (Lipinski definition) is 5. The molecule has 1 N–H and O–H groups in total. The SMILES string of the molecule is CN1C(=O)COc2ccc(CNS(=O)(=O)c3cccs3)cc21. The van der Waals surface area contributed by atoms with Gasteiger partial charge in [0.2, 0.25) is 10.0 Å². The van der Waals surface area contributed by atoms with E-state index in [0.717, 1.165) is 5.56 Å². The summed E-state index contributed by atoms with van der Waals surface area (Å²) in [5.41, 5.74) is 1.40. The lowest BCUT2D eigenvalue weighted by Gasteiger charge is -2.26. The number of rotatable bonds is 4. The molecule has 1 aromatic carbocycles. The summed E-state index contributed by atoms with van der Waals surface area (Å²) in [5.74, 6) is 0.482. The van der Waals surface area contributed by atoms with Gasteiger partial charge in [-0.3, -0.25) is 4.79 Å². The Labute approximate surface area is 132 Å². The fourth-order valence-corrected chi connectivity index (χ4v) is 4.15. The monoisotopic (exact) mass is 338 g/mol. The third-order valence-electron chi connectivity index (χ3n) is 3.34. The second-order valence-electron chi connectivity index (χ2n) is 4.80. The van der Waals surface area contributed by atoms with E-state index in [2.05, 4.69) is 4.72 Å². The van der Waals surface area contributed by atoms with Gasteiger partial charge in [0.05, 0.1) is 5.69 Å². The van der Waals surface area contributed by atoms with Crippen LogP contribution in [0, 0.1) is 0 Å². The van der Waals surface area contributed by atoms with Crippen LogP contribution >= 0.6 is 11.3 Å². The molecule has 0 atom stereocenters. The van der Waals surface area contributed by atoms with E-state index in [-0.39, 0.29) is 23.3 Å². The smallest absolute Gasteiger partial charge is 0.264 e. The lowest BCUT2D eigenvalue weighted by Crippen LogP contribution is -2.35. The molecule has 8 heteroatoms. The zero-order chi connectivity index (χ0) is 15.7. The number of benzene rings is 1.